The van der Waals surface area contributed by atoms with Crippen LogP contribution in [0.3, 0.4) is 0 Å². The molecule has 1 nitrogen and oxygen atoms in total. The lowest BCUT2D eigenvalue weighted by atomic mass is 9.79. The summed E-state index contributed by atoms with van der Waals surface area (Å²) >= 11 is 0. The summed E-state index contributed by atoms with van der Waals surface area (Å²) in [6, 6.07) is 8.42. The number of halogens is 2. The number of hydrogen-bond donors (Lipinski definition) is 0. The second-order valence-electron chi connectivity index (χ2n) is 7.61. The Morgan fingerprint density at radius 2 is 1.54 bits per heavy atom. The lowest BCUT2D eigenvalue weighted by molar-refractivity contribution is 0.304. The van der Waals surface area contributed by atoms with Gasteiger partial charge >= 0.3 is 0 Å². The van der Waals surface area contributed by atoms with Crippen molar-refractivity contribution in [3.63, 3.8) is 0 Å². The maximum absolute atomic E-state index is 12.4. The first-order valence-corrected chi connectivity index (χ1v) is 10.4. The maximum Gasteiger partial charge on any atom is 0.266 e. The molecule has 0 aliphatic heterocycles. The molecule has 2 rings (SSSR count). The quantitative estimate of drug-likeness (QED) is 0.363. The van der Waals surface area contributed by atoms with Crippen LogP contribution in [0.1, 0.15) is 89.0 Å². The molecule has 0 unspecified atom stereocenters. The van der Waals surface area contributed by atoms with Crippen LogP contribution in [-0.4, -0.2) is 6.61 Å². The summed E-state index contributed by atoms with van der Waals surface area (Å²) in [6.45, 7) is 3.04. The van der Waals surface area contributed by atoms with E-state index >= 15 is 0 Å². The van der Waals surface area contributed by atoms with Gasteiger partial charge in [-0.3, -0.25) is 0 Å². The summed E-state index contributed by atoms with van der Waals surface area (Å²) in [6.07, 6.45) is 12.4. The Labute approximate surface area is 157 Å². The molecule has 0 radical (unpaired) electrons. The van der Waals surface area contributed by atoms with Crippen molar-refractivity contribution < 1.29 is 13.5 Å². The molecule has 1 aliphatic rings. The first-order valence-electron chi connectivity index (χ1n) is 10.4. The normalized spacial score (nSPS) is 20.0. The minimum absolute atomic E-state index is 0.0563. The van der Waals surface area contributed by atoms with Crippen LogP contribution in [0.5, 0.6) is 5.75 Å². The highest BCUT2D eigenvalue weighted by Gasteiger charge is 2.21. The van der Waals surface area contributed by atoms with E-state index in [4.69, 9.17) is 4.74 Å². The minimum Gasteiger partial charge on any atom is -0.494 e. The van der Waals surface area contributed by atoms with Crippen LogP contribution in [0, 0.1) is 5.92 Å². The number of benzene rings is 1. The average Bonchev–Trinajstić information content (AvgIpc) is 2.65. The summed E-state index contributed by atoms with van der Waals surface area (Å²) in [5, 5.41) is 0. The van der Waals surface area contributed by atoms with Crippen LogP contribution >= 0.6 is 0 Å². The zero-order valence-corrected chi connectivity index (χ0v) is 16.2. The van der Waals surface area contributed by atoms with Crippen molar-refractivity contribution in [1.82, 2.24) is 0 Å². The van der Waals surface area contributed by atoms with Crippen LogP contribution in [0.15, 0.2) is 36.4 Å². The van der Waals surface area contributed by atoms with E-state index in [-0.39, 0.29) is 5.92 Å². The Hall–Kier alpha value is -1.38. The molecule has 0 aromatic heterocycles. The zero-order chi connectivity index (χ0) is 18.6. The Morgan fingerprint density at radius 3 is 2.15 bits per heavy atom. The van der Waals surface area contributed by atoms with Gasteiger partial charge in [-0.1, -0.05) is 57.6 Å². The molecule has 0 atom stereocenters. The predicted molar refractivity (Wildman–Crippen MR) is 105 cm³/mol. The fraction of sp³-hybridized carbons (Fsp3) is 0.652. The fourth-order valence-corrected chi connectivity index (χ4v) is 3.88. The van der Waals surface area contributed by atoms with Gasteiger partial charge in [-0.25, -0.2) is 0 Å². The molecule has 0 heterocycles. The molecule has 1 saturated carbocycles. The second kappa shape index (κ2) is 12.1. The maximum atomic E-state index is 12.4. The van der Waals surface area contributed by atoms with Crippen LogP contribution in [0.2, 0.25) is 0 Å². The highest BCUT2D eigenvalue weighted by Crippen LogP contribution is 2.37. The van der Waals surface area contributed by atoms with Gasteiger partial charge in [0.25, 0.3) is 6.08 Å². The summed E-state index contributed by atoms with van der Waals surface area (Å²) in [5.41, 5.74) is 1.32. The lowest BCUT2D eigenvalue weighted by Crippen LogP contribution is -2.11. The van der Waals surface area contributed by atoms with E-state index in [0.717, 1.165) is 50.5 Å². The zero-order valence-electron chi connectivity index (χ0n) is 16.2. The Bertz CT molecular complexity index is 512. The third-order valence-electron chi connectivity index (χ3n) is 5.50. The SMILES string of the molecule is CCCCCCCCCOc1ccc(C2CCC(C=C(F)F)CC2)cc1. The van der Waals surface area contributed by atoms with E-state index < -0.39 is 6.08 Å². The van der Waals surface area contributed by atoms with Crippen molar-refractivity contribution in [2.45, 2.75) is 83.5 Å². The number of unbranched alkanes of at least 4 members (excludes halogenated alkanes) is 6. The molecule has 0 spiro atoms. The molecule has 0 bridgehead atoms. The van der Waals surface area contributed by atoms with Gasteiger partial charge < -0.3 is 4.74 Å². The van der Waals surface area contributed by atoms with Crippen molar-refractivity contribution in [3.8, 4) is 5.75 Å². The van der Waals surface area contributed by atoms with E-state index in [1.807, 2.05) is 0 Å². The standard InChI is InChI=1S/C23H34F2O/c1-2-3-4-5-6-7-8-17-26-22-15-13-21(14-16-22)20-11-9-19(10-12-20)18-23(24)25/h13-16,18-20H,2-12,17H2,1H3. The number of rotatable bonds is 11. The molecule has 1 aliphatic carbocycles. The van der Waals surface area contributed by atoms with E-state index in [1.165, 1.54) is 44.1 Å². The first-order chi connectivity index (χ1) is 12.7. The first kappa shape index (κ1) is 20.9. The van der Waals surface area contributed by atoms with Crippen LogP contribution < -0.4 is 4.74 Å². The molecule has 26 heavy (non-hydrogen) atoms. The molecular formula is C23H34F2O. The smallest absolute Gasteiger partial charge is 0.266 e. The van der Waals surface area contributed by atoms with Gasteiger partial charge in [-0.15, -0.1) is 0 Å². The van der Waals surface area contributed by atoms with E-state index in [0.29, 0.717) is 5.92 Å². The molecule has 3 heteroatoms. The van der Waals surface area contributed by atoms with Crippen molar-refractivity contribution >= 4 is 0 Å². The molecular weight excluding hydrogens is 330 g/mol. The summed E-state index contributed by atoms with van der Waals surface area (Å²) in [5.74, 6) is 1.50. The van der Waals surface area contributed by atoms with Gasteiger partial charge in [0.05, 0.1) is 6.61 Å². The second-order valence-corrected chi connectivity index (χ2v) is 7.61. The third kappa shape index (κ3) is 7.88. The van der Waals surface area contributed by atoms with Gasteiger partial charge in [0, 0.05) is 0 Å². The number of ether oxygens (including phenoxy) is 1. The van der Waals surface area contributed by atoms with E-state index in [2.05, 4.69) is 31.2 Å². The highest BCUT2D eigenvalue weighted by atomic mass is 19.3. The molecule has 1 aromatic carbocycles. The third-order valence-corrected chi connectivity index (χ3v) is 5.50. The topological polar surface area (TPSA) is 9.23 Å². The lowest BCUT2D eigenvalue weighted by Gasteiger charge is -2.26. The van der Waals surface area contributed by atoms with E-state index in [1.54, 1.807) is 0 Å². The molecule has 0 N–H and O–H groups in total. The number of allylic oxidation sites excluding steroid dienone is 1. The Morgan fingerprint density at radius 1 is 0.923 bits per heavy atom. The molecule has 0 saturated heterocycles. The Kier molecular flexibility index (Phi) is 9.73. The molecule has 0 amide bonds. The van der Waals surface area contributed by atoms with Gasteiger partial charge in [0.15, 0.2) is 0 Å². The van der Waals surface area contributed by atoms with Crippen LogP contribution in [0.4, 0.5) is 8.78 Å². The largest absolute Gasteiger partial charge is 0.494 e. The van der Waals surface area contributed by atoms with Crippen LogP contribution in [-0.2, 0) is 0 Å². The van der Waals surface area contributed by atoms with Gasteiger partial charge in [-0.05, 0) is 67.7 Å². The molecule has 1 aromatic rings. The molecule has 1 fully saturated rings. The predicted octanol–water partition coefficient (Wildman–Crippen LogP) is 7.87. The van der Waals surface area contributed by atoms with Gasteiger partial charge in [-0.2, -0.15) is 8.78 Å². The van der Waals surface area contributed by atoms with E-state index in [9.17, 15) is 8.78 Å². The van der Waals surface area contributed by atoms with Crippen molar-refractivity contribution in [3.05, 3.63) is 42.0 Å². The molecule has 146 valence electrons. The summed E-state index contributed by atoms with van der Waals surface area (Å²) in [4.78, 5) is 0. The summed E-state index contributed by atoms with van der Waals surface area (Å²) in [7, 11) is 0. The Balaban J connectivity index is 1.63. The van der Waals surface area contributed by atoms with Crippen molar-refractivity contribution in [2.75, 3.05) is 6.61 Å². The van der Waals surface area contributed by atoms with Crippen molar-refractivity contribution in [2.24, 2.45) is 5.92 Å². The fourth-order valence-electron chi connectivity index (χ4n) is 3.88. The van der Waals surface area contributed by atoms with Crippen molar-refractivity contribution in [1.29, 1.82) is 0 Å². The number of hydrogen-bond acceptors (Lipinski definition) is 1. The van der Waals surface area contributed by atoms with Gasteiger partial charge in [0.1, 0.15) is 5.75 Å². The van der Waals surface area contributed by atoms with Gasteiger partial charge in [0.2, 0.25) is 0 Å². The minimum atomic E-state index is -1.53. The van der Waals surface area contributed by atoms with Crippen LogP contribution in [0.25, 0.3) is 0 Å². The monoisotopic (exact) mass is 364 g/mol. The average molecular weight is 365 g/mol. The summed E-state index contributed by atoms with van der Waals surface area (Å²) < 4.78 is 30.5. The highest BCUT2D eigenvalue weighted by molar-refractivity contribution is 5.29.